The number of imidazole rings is 1. The molecule has 0 saturated heterocycles. The summed E-state index contributed by atoms with van der Waals surface area (Å²) < 4.78 is 40.7. The molecule has 1 heterocycles. The highest BCUT2D eigenvalue weighted by Crippen LogP contribution is 2.38. The molecule has 36 heavy (non-hydrogen) atoms. The van der Waals surface area contributed by atoms with E-state index in [4.69, 9.17) is 21.1 Å². The van der Waals surface area contributed by atoms with Crippen LogP contribution < -0.4 is 9.47 Å². The number of methoxy groups -OCH3 is 2. The summed E-state index contributed by atoms with van der Waals surface area (Å²) in [6.07, 6.45) is 1.33. The molecule has 4 rings (SSSR count). The van der Waals surface area contributed by atoms with Crippen LogP contribution in [-0.2, 0) is 11.8 Å². The minimum absolute atomic E-state index is 0.0875. The third-order valence-corrected chi connectivity index (χ3v) is 6.59. The third kappa shape index (κ3) is 4.71. The molecule has 0 fully saturated rings. The van der Waals surface area contributed by atoms with Gasteiger partial charge in [0.2, 0.25) is 5.78 Å². The lowest BCUT2D eigenvalue weighted by atomic mass is 9.81. The largest absolute Gasteiger partial charge is 0.493 e. The van der Waals surface area contributed by atoms with Crippen LogP contribution in [0.15, 0.2) is 66.9 Å². The van der Waals surface area contributed by atoms with Crippen molar-refractivity contribution >= 4 is 17.4 Å². The number of hydrogen-bond acceptors (Lipinski definition) is 4. The van der Waals surface area contributed by atoms with Crippen molar-refractivity contribution in [3.63, 3.8) is 0 Å². The predicted molar refractivity (Wildman–Crippen MR) is 135 cm³/mol. The van der Waals surface area contributed by atoms with Gasteiger partial charge in [0.05, 0.1) is 26.1 Å². The normalized spacial score (nSPS) is 11.4. The highest BCUT2D eigenvalue weighted by Gasteiger charge is 2.32. The summed E-state index contributed by atoms with van der Waals surface area (Å²) in [6.45, 7) is 3.96. The van der Waals surface area contributed by atoms with E-state index >= 15 is 0 Å². The summed E-state index contributed by atoms with van der Waals surface area (Å²) in [6, 6.07) is 15.6. The van der Waals surface area contributed by atoms with Crippen LogP contribution in [0.1, 0.15) is 41.3 Å². The van der Waals surface area contributed by atoms with Gasteiger partial charge in [-0.15, -0.1) is 0 Å². The number of Topliss-reactive ketones (excluding diaryl/α,β-unsaturated/α-hetero) is 1. The Labute approximate surface area is 213 Å². The number of carbonyl (C=O) groups excluding carboxylic acids is 1. The van der Waals surface area contributed by atoms with Gasteiger partial charge in [-0.2, -0.15) is 0 Å². The fourth-order valence-corrected chi connectivity index (χ4v) is 4.38. The number of ether oxygens (including phenoxy) is 2. The topological polar surface area (TPSA) is 53.3 Å². The van der Waals surface area contributed by atoms with Crippen LogP contribution in [0.4, 0.5) is 8.78 Å². The van der Waals surface area contributed by atoms with E-state index < -0.39 is 22.8 Å². The molecule has 0 aliphatic rings. The summed E-state index contributed by atoms with van der Waals surface area (Å²) in [5.74, 6) is -0.180. The zero-order valence-corrected chi connectivity index (χ0v) is 21.1. The molecule has 0 N–H and O–H groups in total. The van der Waals surface area contributed by atoms with Gasteiger partial charge in [0.15, 0.2) is 17.3 Å². The van der Waals surface area contributed by atoms with Crippen molar-refractivity contribution in [2.45, 2.75) is 25.7 Å². The van der Waals surface area contributed by atoms with Gasteiger partial charge < -0.3 is 9.47 Å². The molecule has 0 saturated carbocycles. The van der Waals surface area contributed by atoms with Crippen molar-refractivity contribution < 1.29 is 23.0 Å². The van der Waals surface area contributed by atoms with Crippen LogP contribution in [0, 0.1) is 11.6 Å². The Kier molecular flexibility index (Phi) is 7.13. The van der Waals surface area contributed by atoms with Gasteiger partial charge in [-0.1, -0.05) is 37.6 Å². The Hall–Kier alpha value is -3.71. The van der Waals surface area contributed by atoms with Crippen molar-refractivity contribution in [1.82, 2.24) is 9.55 Å². The molecule has 5 nitrogen and oxygen atoms in total. The molecular weight excluding hydrogens is 486 g/mol. The maximum absolute atomic E-state index is 14.4. The van der Waals surface area contributed by atoms with Crippen LogP contribution in [0.3, 0.4) is 0 Å². The molecule has 0 atom stereocenters. The highest BCUT2D eigenvalue weighted by molar-refractivity contribution is 6.31. The summed E-state index contributed by atoms with van der Waals surface area (Å²) in [5.41, 5.74) is 1.51. The predicted octanol–water partition coefficient (Wildman–Crippen LogP) is 6.57. The van der Waals surface area contributed by atoms with E-state index in [0.29, 0.717) is 22.9 Å². The zero-order valence-electron chi connectivity index (χ0n) is 20.3. The van der Waals surface area contributed by atoms with Crippen molar-refractivity contribution in [3.8, 4) is 17.2 Å². The molecule has 4 aromatic rings. The number of hydrogen-bond donors (Lipinski definition) is 0. The van der Waals surface area contributed by atoms with E-state index in [1.54, 1.807) is 43.2 Å². The van der Waals surface area contributed by atoms with Crippen molar-refractivity contribution in [3.05, 3.63) is 106 Å². The van der Waals surface area contributed by atoms with Gasteiger partial charge in [-0.3, -0.25) is 9.36 Å². The lowest BCUT2D eigenvalue weighted by Crippen LogP contribution is -2.24. The first-order valence-electron chi connectivity index (χ1n) is 11.2. The molecule has 186 valence electrons. The van der Waals surface area contributed by atoms with Gasteiger partial charge in [0.1, 0.15) is 11.6 Å². The van der Waals surface area contributed by atoms with E-state index in [-0.39, 0.29) is 22.8 Å². The van der Waals surface area contributed by atoms with Gasteiger partial charge in [0.25, 0.3) is 0 Å². The number of rotatable bonds is 8. The minimum atomic E-state index is -0.672. The molecule has 0 aliphatic carbocycles. The molecule has 3 aromatic carbocycles. The van der Waals surface area contributed by atoms with Crippen LogP contribution >= 0.6 is 11.6 Å². The van der Waals surface area contributed by atoms with Crippen molar-refractivity contribution in [2.75, 3.05) is 14.2 Å². The van der Waals surface area contributed by atoms with Gasteiger partial charge in [-0.25, -0.2) is 13.8 Å². The lowest BCUT2D eigenvalue weighted by Gasteiger charge is -2.28. The van der Waals surface area contributed by atoms with Crippen LogP contribution in [0.2, 0.25) is 5.02 Å². The molecule has 0 unspecified atom stereocenters. The quantitative estimate of drug-likeness (QED) is 0.251. The van der Waals surface area contributed by atoms with Crippen LogP contribution in [0.5, 0.6) is 11.5 Å². The maximum atomic E-state index is 14.4. The fourth-order valence-electron chi connectivity index (χ4n) is 4.15. The first-order valence-corrected chi connectivity index (χ1v) is 11.6. The standard InChI is InChI=1S/C28H25ClF2N2O3/c1-28(2,17-8-13-24(35-3)25(14-17)36-4)26-16-32-27(33(26)19-11-9-18(30)10-12-19)23(34)15-20-21(29)6-5-7-22(20)31/h5-14,16H,15H2,1-4H3. The number of ketones is 1. The summed E-state index contributed by atoms with van der Waals surface area (Å²) in [4.78, 5) is 17.9. The Morgan fingerprint density at radius 1 is 1.00 bits per heavy atom. The molecular formula is C28H25ClF2N2O3. The van der Waals surface area contributed by atoms with E-state index in [9.17, 15) is 13.6 Å². The molecule has 1 aromatic heterocycles. The minimum Gasteiger partial charge on any atom is -0.493 e. The Bertz CT molecular complexity index is 1390. The second kappa shape index (κ2) is 10.1. The summed E-state index contributed by atoms with van der Waals surface area (Å²) in [5, 5.41) is 0.161. The lowest BCUT2D eigenvalue weighted by molar-refractivity contribution is 0.0980. The second-order valence-corrected chi connectivity index (χ2v) is 9.18. The Balaban J connectivity index is 1.85. The Morgan fingerprint density at radius 3 is 2.33 bits per heavy atom. The van der Waals surface area contributed by atoms with E-state index in [1.807, 2.05) is 26.0 Å². The molecule has 0 spiro atoms. The number of halogens is 3. The van der Waals surface area contributed by atoms with Gasteiger partial charge in [0, 0.05) is 28.1 Å². The third-order valence-electron chi connectivity index (χ3n) is 6.24. The first kappa shape index (κ1) is 25.4. The second-order valence-electron chi connectivity index (χ2n) is 8.77. The number of carbonyl (C=O) groups is 1. The molecule has 0 aliphatic heterocycles. The van der Waals surface area contributed by atoms with E-state index in [1.165, 1.54) is 30.3 Å². The van der Waals surface area contributed by atoms with Crippen molar-refractivity contribution in [1.29, 1.82) is 0 Å². The number of benzene rings is 3. The van der Waals surface area contributed by atoms with Crippen LogP contribution in [-0.4, -0.2) is 29.6 Å². The highest BCUT2D eigenvalue weighted by atomic mass is 35.5. The van der Waals surface area contributed by atoms with E-state index in [2.05, 4.69) is 4.98 Å². The SMILES string of the molecule is COc1ccc(C(C)(C)c2cnc(C(=O)Cc3c(F)cccc3Cl)n2-c2ccc(F)cc2)cc1OC. The molecule has 0 radical (unpaired) electrons. The monoisotopic (exact) mass is 510 g/mol. The molecule has 0 bridgehead atoms. The van der Waals surface area contributed by atoms with Gasteiger partial charge in [-0.05, 0) is 54.1 Å². The van der Waals surface area contributed by atoms with E-state index in [0.717, 1.165) is 5.56 Å². The maximum Gasteiger partial charge on any atom is 0.203 e. The number of nitrogens with zero attached hydrogens (tertiary/aromatic N) is 2. The zero-order chi connectivity index (χ0) is 26.0. The smallest absolute Gasteiger partial charge is 0.203 e. The first-order chi connectivity index (χ1) is 17.2. The average molecular weight is 511 g/mol. The fraction of sp³-hybridized carbons (Fsp3) is 0.214. The van der Waals surface area contributed by atoms with Crippen molar-refractivity contribution in [2.24, 2.45) is 0 Å². The average Bonchev–Trinajstić information content (AvgIpc) is 3.32. The molecule has 8 heteroatoms. The molecule has 0 amide bonds. The van der Waals surface area contributed by atoms with Crippen LogP contribution in [0.25, 0.3) is 5.69 Å². The Morgan fingerprint density at radius 2 is 1.69 bits per heavy atom. The number of aromatic nitrogens is 2. The summed E-state index contributed by atoms with van der Waals surface area (Å²) >= 11 is 6.16. The van der Waals surface area contributed by atoms with Gasteiger partial charge >= 0.3 is 0 Å². The summed E-state index contributed by atoms with van der Waals surface area (Å²) in [7, 11) is 3.12.